The second kappa shape index (κ2) is 7.01. The Hall–Kier alpha value is -1.18. The van der Waals surface area contributed by atoms with Gasteiger partial charge in [0.15, 0.2) is 0 Å². The van der Waals surface area contributed by atoms with Gasteiger partial charge in [-0.3, -0.25) is 4.79 Å². The Kier molecular flexibility index (Phi) is 5.91. The summed E-state index contributed by atoms with van der Waals surface area (Å²) >= 11 is 5.59. The molecule has 0 saturated heterocycles. The monoisotopic (exact) mass is 323 g/mol. The van der Waals surface area contributed by atoms with Gasteiger partial charge in [0.1, 0.15) is 10.7 Å². The fourth-order valence-corrected chi connectivity index (χ4v) is 3.24. The van der Waals surface area contributed by atoms with Crippen LogP contribution in [0.4, 0.5) is 4.39 Å². The molecule has 1 aromatic carbocycles. The van der Waals surface area contributed by atoms with Crippen molar-refractivity contribution in [3.05, 3.63) is 29.0 Å². The molecule has 0 unspecified atom stereocenters. The lowest BCUT2D eigenvalue weighted by molar-refractivity contribution is -0.140. The number of methoxy groups -OCH3 is 1. The Balaban J connectivity index is 3.02. The summed E-state index contributed by atoms with van der Waals surface area (Å²) in [5, 5.41) is 0.110. The highest BCUT2D eigenvalue weighted by Gasteiger charge is 2.26. The molecule has 0 atom stereocenters. The van der Waals surface area contributed by atoms with Crippen molar-refractivity contribution in [2.45, 2.75) is 18.2 Å². The smallest absolute Gasteiger partial charge is 0.306 e. The van der Waals surface area contributed by atoms with E-state index in [1.54, 1.807) is 6.92 Å². The van der Waals surface area contributed by atoms with Gasteiger partial charge in [0, 0.05) is 18.1 Å². The average molecular weight is 324 g/mol. The number of ether oxygens (including phenoxy) is 1. The molecule has 0 amide bonds. The first-order chi connectivity index (χ1) is 9.32. The topological polar surface area (TPSA) is 63.7 Å². The Labute approximate surface area is 122 Å². The van der Waals surface area contributed by atoms with Crippen molar-refractivity contribution >= 4 is 27.6 Å². The van der Waals surface area contributed by atoms with Crippen LogP contribution in [0.15, 0.2) is 23.1 Å². The van der Waals surface area contributed by atoms with Crippen molar-refractivity contribution < 1.29 is 22.3 Å². The predicted molar refractivity (Wildman–Crippen MR) is 72.5 cm³/mol. The lowest BCUT2D eigenvalue weighted by Gasteiger charge is -2.20. The van der Waals surface area contributed by atoms with E-state index in [9.17, 15) is 17.6 Å². The van der Waals surface area contributed by atoms with Gasteiger partial charge in [0.25, 0.3) is 0 Å². The standard InChI is InChI=1S/C12H15ClFNO4S/c1-3-15(7-6-12(16)19-2)20(17,18)11-5-4-9(13)8-10(11)14/h4-5,8H,3,6-7H2,1-2H3. The first-order valence-electron chi connectivity index (χ1n) is 5.85. The highest BCUT2D eigenvalue weighted by atomic mass is 35.5. The summed E-state index contributed by atoms with van der Waals surface area (Å²) in [4.78, 5) is 10.6. The lowest BCUT2D eigenvalue weighted by Crippen LogP contribution is -2.33. The molecule has 0 aliphatic heterocycles. The maximum absolute atomic E-state index is 13.7. The van der Waals surface area contributed by atoms with Gasteiger partial charge >= 0.3 is 5.97 Å². The fraction of sp³-hybridized carbons (Fsp3) is 0.417. The van der Waals surface area contributed by atoms with Crippen molar-refractivity contribution in [1.82, 2.24) is 4.31 Å². The zero-order valence-electron chi connectivity index (χ0n) is 11.1. The van der Waals surface area contributed by atoms with Crippen LogP contribution >= 0.6 is 11.6 Å². The molecular formula is C12H15ClFNO4S. The Bertz CT molecular complexity index is 591. The molecule has 0 bridgehead atoms. The van der Waals surface area contributed by atoms with Gasteiger partial charge in [-0.2, -0.15) is 4.31 Å². The molecule has 112 valence electrons. The van der Waals surface area contributed by atoms with Gasteiger partial charge in [0.2, 0.25) is 10.0 Å². The summed E-state index contributed by atoms with van der Waals surface area (Å²) in [7, 11) is -2.80. The van der Waals surface area contributed by atoms with E-state index < -0.39 is 26.7 Å². The number of sulfonamides is 1. The van der Waals surface area contributed by atoms with E-state index >= 15 is 0 Å². The third-order valence-corrected chi connectivity index (χ3v) is 4.90. The molecule has 0 heterocycles. The number of hydrogen-bond acceptors (Lipinski definition) is 4. The molecule has 0 aliphatic carbocycles. The summed E-state index contributed by atoms with van der Waals surface area (Å²) in [6.45, 7) is 1.64. The van der Waals surface area contributed by atoms with Crippen LogP contribution in [0.1, 0.15) is 13.3 Å². The van der Waals surface area contributed by atoms with E-state index in [1.165, 1.54) is 13.2 Å². The number of carbonyl (C=O) groups excluding carboxylic acids is 1. The van der Waals surface area contributed by atoms with E-state index in [2.05, 4.69) is 4.74 Å². The third-order valence-electron chi connectivity index (χ3n) is 2.66. The number of rotatable bonds is 6. The normalized spacial score (nSPS) is 11.7. The molecule has 0 saturated carbocycles. The largest absolute Gasteiger partial charge is 0.469 e. The summed E-state index contributed by atoms with van der Waals surface area (Å²) < 4.78 is 43.8. The number of nitrogens with zero attached hydrogens (tertiary/aromatic N) is 1. The summed E-state index contributed by atoms with van der Waals surface area (Å²) in [5.41, 5.74) is 0. The van der Waals surface area contributed by atoms with Crippen LogP contribution in [-0.4, -0.2) is 38.9 Å². The zero-order chi connectivity index (χ0) is 15.3. The Morgan fingerprint density at radius 1 is 1.45 bits per heavy atom. The average Bonchev–Trinajstić information content (AvgIpc) is 2.38. The van der Waals surface area contributed by atoms with Gasteiger partial charge in [0.05, 0.1) is 13.5 Å². The number of halogens is 2. The summed E-state index contributed by atoms with van der Waals surface area (Å²) in [5.74, 6) is -1.45. The van der Waals surface area contributed by atoms with Crippen LogP contribution in [0.5, 0.6) is 0 Å². The quantitative estimate of drug-likeness (QED) is 0.752. The van der Waals surface area contributed by atoms with Gasteiger partial charge < -0.3 is 4.74 Å². The fourth-order valence-electron chi connectivity index (χ4n) is 1.59. The predicted octanol–water partition coefficient (Wildman–Crippen LogP) is 2.05. The molecule has 5 nitrogen and oxygen atoms in total. The van der Waals surface area contributed by atoms with Crippen molar-refractivity contribution in [1.29, 1.82) is 0 Å². The molecule has 0 radical (unpaired) electrons. The van der Waals surface area contributed by atoms with Crippen LogP contribution in [0.25, 0.3) is 0 Å². The molecular weight excluding hydrogens is 309 g/mol. The minimum absolute atomic E-state index is 0.0758. The van der Waals surface area contributed by atoms with Gasteiger partial charge in [-0.15, -0.1) is 0 Å². The molecule has 0 aliphatic rings. The zero-order valence-corrected chi connectivity index (χ0v) is 12.7. The molecule has 0 spiro atoms. The number of esters is 1. The number of benzene rings is 1. The van der Waals surface area contributed by atoms with Gasteiger partial charge in [-0.1, -0.05) is 18.5 Å². The third kappa shape index (κ3) is 3.91. The van der Waals surface area contributed by atoms with E-state index in [0.717, 1.165) is 16.4 Å². The van der Waals surface area contributed by atoms with Crippen molar-refractivity contribution in [2.75, 3.05) is 20.2 Å². The summed E-state index contributed by atoms with van der Waals surface area (Å²) in [6.07, 6.45) is -0.0984. The van der Waals surface area contributed by atoms with E-state index in [4.69, 9.17) is 11.6 Å². The maximum Gasteiger partial charge on any atom is 0.306 e. The van der Waals surface area contributed by atoms with Gasteiger partial charge in [-0.05, 0) is 18.2 Å². The summed E-state index contributed by atoms with van der Waals surface area (Å²) in [6, 6.07) is 3.34. The van der Waals surface area contributed by atoms with E-state index in [0.29, 0.717) is 0 Å². The van der Waals surface area contributed by atoms with E-state index in [1.807, 2.05) is 0 Å². The minimum Gasteiger partial charge on any atom is -0.469 e. The number of carbonyl (C=O) groups is 1. The van der Waals surface area contributed by atoms with Crippen LogP contribution in [0.2, 0.25) is 5.02 Å². The van der Waals surface area contributed by atoms with Gasteiger partial charge in [-0.25, -0.2) is 12.8 Å². The second-order valence-corrected chi connectivity index (χ2v) is 6.24. The Morgan fingerprint density at radius 2 is 2.10 bits per heavy atom. The van der Waals surface area contributed by atoms with Crippen LogP contribution in [0.3, 0.4) is 0 Å². The molecule has 0 aromatic heterocycles. The molecule has 0 N–H and O–H groups in total. The van der Waals surface area contributed by atoms with Crippen molar-refractivity contribution in [2.24, 2.45) is 0 Å². The highest BCUT2D eigenvalue weighted by molar-refractivity contribution is 7.89. The minimum atomic E-state index is -4.01. The van der Waals surface area contributed by atoms with Crippen molar-refractivity contribution in [3.8, 4) is 0 Å². The first-order valence-corrected chi connectivity index (χ1v) is 7.66. The highest BCUT2D eigenvalue weighted by Crippen LogP contribution is 2.22. The molecule has 1 rings (SSSR count). The molecule has 20 heavy (non-hydrogen) atoms. The lowest BCUT2D eigenvalue weighted by atomic mass is 10.3. The second-order valence-electron chi connectivity index (χ2n) is 3.90. The van der Waals surface area contributed by atoms with Crippen molar-refractivity contribution in [3.63, 3.8) is 0 Å². The van der Waals surface area contributed by atoms with Crippen LogP contribution < -0.4 is 0 Å². The number of hydrogen-bond donors (Lipinski definition) is 0. The molecule has 1 aromatic rings. The Morgan fingerprint density at radius 3 is 2.60 bits per heavy atom. The molecule has 8 heteroatoms. The van der Waals surface area contributed by atoms with Crippen LogP contribution in [0, 0.1) is 5.82 Å². The first kappa shape index (κ1) is 16.9. The van der Waals surface area contributed by atoms with E-state index in [-0.39, 0.29) is 24.5 Å². The maximum atomic E-state index is 13.7. The van der Waals surface area contributed by atoms with Crippen LogP contribution in [-0.2, 0) is 19.6 Å². The molecule has 0 fully saturated rings. The SMILES string of the molecule is CCN(CCC(=O)OC)S(=O)(=O)c1ccc(Cl)cc1F.